The van der Waals surface area contributed by atoms with E-state index in [4.69, 9.17) is 10.5 Å². The SMILES string of the molecule is CCOC(=O)c1c2sc(C(=O)c3ccccc3)c(N)c2c2c(C)cc(C)cn12. The standard InChI is InChI=1S/C22H20N2O3S/c1-4-27-22(26)18-20-15(17-13(3)10-12(2)11-24(17)18)16(23)21(28-20)19(25)14-8-6-5-7-9-14/h5-11H,4,23H2,1-3H3. The van der Waals surface area contributed by atoms with Crippen LogP contribution < -0.4 is 5.73 Å². The molecule has 0 aliphatic carbocycles. The number of esters is 1. The number of anilines is 1. The van der Waals surface area contributed by atoms with Crippen molar-refractivity contribution in [1.29, 1.82) is 0 Å². The highest BCUT2D eigenvalue weighted by Crippen LogP contribution is 2.42. The van der Waals surface area contributed by atoms with Gasteiger partial charge in [-0.1, -0.05) is 36.4 Å². The third kappa shape index (κ3) is 2.68. The average Bonchev–Trinajstić information content (AvgIpc) is 3.16. The molecule has 4 aromatic rings. The largest absolute Gasteiger partial charge is 0.461 e. The maximum absolute atomic E-state index is 13.0. The number of hydrogen-bond donors (Lipinski definition) is 1. The summed E-state index contributed by atoms with van der Waals surface area (Å²) in [4.78, 5) is 26.2. The number of carbonyl (C=O) groups excluding carboxylic acids is 2. The van der Waals surface area contributed by atoms with Crippen LogP contribution in [-0.4, -0.2) is 22.8 Å². The smallest absolute Gasteiger partial charge is 0.356 e. The van der Waals surface area contributed by atoms with Gasteiger partial charge in [-0.05, 0) is 31.9 Å². The number of hydrogen-bond acceptors (Lipinski definition) is 5. The zero-order valence-electron chi connectivity index (χ0n) is 15.9. The summed E-state index contributed by atoms with van der Waals surface area (Å²) in [6.07, 6.45) is 1.90. The number of nitrogen functional groups attached to an aromatic ring is 1. The molecule has 0 radical (unpaired) electrons. The summed E-state index contributed by atoms with van der Waals surface area (Å²) in [6, 6.07) is 11.1. The van der Waals surface area contributed by atoms with Gasteiger partial charge in [0.05, 0.1) is 27.4 Å². The molecule has 0 aliphatic heterocycles. The van der Waals surface area contributed by atoms with Crippen LogP contribution in [-0.2, 0) is 4.74 Å². The number of benzene rings is 1. The van der Waals surface area contributed by atoms with Crippen molar-refractivity contribution in [2.24, 2.45) is 0 Å². The Balaban J connectivity index is 2.06. The second-order valence-corrected chi connectivity index (χ2v) is 7.75. The van der Waals surface area contributed by atoms with Crippen molar-refractivity contribution in [2.45, 2.75) is 20.8 Å². The Morgan fingerprint density at radius 2 is 1.89 bits per heavy atom. The lowest BCUT2D eigenvalue weighted by atomic mass is 10.1. The molecule has 0 fully saturated rings. The number of nitrogens with two attached hydrogens (primary N) is 1. The minimum Gasteiger partial charge on any atom is -0.461 e. The molecule has 1 aromatic carbocycles. The molecule has 6 heteroatoms. The Hall–Kier alpha value is -3.12. The Kier molecular flexibility index (Phi) is 4.43. The third-order valence-corrected chi connectivity index (χ3v) is 5.95. The number of pyridine rings is 1. The van der Waals surface area contributed by atoms with Gasteiger partial charge < -0.3 is 14.9 Å². The zero-order valence-corrected chi connectivity index (χ0v) is 16.7. The molecule has 4 rings (SSSR count). The molecule has 0 atom stereocenters. The van der Waals surface area contributed by atoms with Gasteiger partial charge in [0.1, 0.15) is 5.69 Å². The maximum atomic E-state index is 13.0. The van der Waals surface area contributed by atoms with Gasteiger partial charge >= 0.3 is 5.97 Å². The molecule has 0 bridgehead atoms. The summed E-state index contributed by atoms with van der Waals surface area (Å²) in [6.45, 7) is 6.00. The van der Waals surface area contributed by atoms with Crippen LogP contribution >= 0.6 is 11.3 Å². The fourth-order valence-electron chi connectivity index (χ4n) is 3.63. The Bertz CT molecular complexity index is 1240. The molecular formula is C22H20N2O3S. The number of nitrogens with zero attached hydrogens (tertiary/aromatic N) is 1. The van der Waals surface area contributed by atoms with E-state index in [0.29, 0.717) is 26.5 Å². The molecule has 2 N–H and O–H groups in total. The summed E-state index contributed by atoms with van der Waals surface area (Å²) in [5.74, 6) is -0.561. The summed E-state index contributed by atoms with van der Waals surface area (Å²) >= 11 is 1.25. The molecular weight excluding hydrogens is 372 g/mol. The van der Waals surface area contributed by atoms with Gasteiger partial charge in [-0.2, -0.15) is 0 Å². The molecule has 0 saturated carbocycles. The van der Waals surface area contributed by atoms with Gasteiger partial charge in [-0.3, -0.25) is 4.79 Å². The summed E-state index contributed by atoms with van der Waals surface area (Å²) < 4.78 is 7.83. The maximum Gasteiger partial charge on any atom is 0.356 e. The normalized spacial score (nSPS) is 11.2. The molecule has 3 aromatic heterocycles. The number of fused-ring (bicyclic) bond motifs is 3. The molecule has 28 heavy (non-hydrogen) atoms. The van der Waals surface area contributed by atoms with Crippen LogP contribution in [0.5, 0.6) is 0 Å². The van der Waals surface area contributed by atoms with Gasteiger partial charge in [-0.15, -0.1) is 11.3 Å². The molecule has 3 heterocycles. The number of ketones is 1. The highest BCUT2D eigenvalue weighted by Gasteiger charge is 2.28. The molecule has 0 unspecified atom stereocenters. The lowest BCUT2D eigenvalue weighted by Crippen LogP contribution is -2.08. The van der Waals surface area contributed by atoms with E-state index >= 15 is 0 Å². The first-order chi connectivity index (χ1) is 13.4. The van der Waals surface area contributed by atoms with Gasteiger partial charge in [0.2, 0.25) is 5.78 Å². The van der Waals surface area contributed by atoms with Crippen LogP contribution in [0.2, 0.25) is 0 Å². The average molecular weight is 392 g/mol. The van der Waals surface area contributed by atoms with Gasteiger partial charge in [-0.25, -0.2) is 4.79 Å². The van der Waals surface area contributed by atoms with Crippen LogP contribution in [0, 0.1) is 13.8 Å². The first kappa shape index (κ1) is 18.3. The van der Waals surface area contributed by atoms with E-state index in [1.165, 1.54) is 11.3 Å². The van der Waals surface area contributed by atoms with Gasteiger partial charge in [0, 0.05) is 17.1 Å². The monoisotopic (exact) mass is 392 g/mol. The number of ether oxygens (including phenoxy) is 1. The summed E-state index contributed by atoms with van der Waals surface area (Å²) in [7, 11) is 0. The van der Waals surface area contributed by atoms with Crippen LogP contribution in [0.25, 0.3) is 15.6 Å². The number of aryl methyl sites for hydroxylation is 2. The van der Waals surface area contributed by atoms with E-state index in [-0.39, 0.29) is 12.4 Å². The number of aromatic nitrogens is 1. The molecule has 0 aliphatic rings. The van der Waals surface area contributed by atoms with Crippen molar-refractivity contribution in [3.63, 3.8) is 0 Å². The number of rotatable bonds is 4. The fourth-order valence-corrected chi connectivity index (χ4v) is 4.85. The number of thiophene rings is 1. The van der Waals surface area contributed by atoms with Crippen molar-refractivity contribution < 1.29 is 14.3 Å². The molecule has 142 valence electrons. The first-order valence-corrected chi connectivity index (χ1v) is 9.85. The van der Waals surface area contributed by atoms with Crippen molar-refractivity contribution in [3.05, 3.63) is 69.9 Å². The highest BCUT2D eigenvalue weighted by atomic mass is 32.1. The third-order valence-electron chi connectivity index (χ3n) is 4.74. The van der Waals surface area contributed by atoms with Crippen molar-refractivity contribution in [2.75, 3.05) is 12.3 Å². The Morgan fingerprint density at radius 1 is 1.18 bits per heavy atom. The zero-order chi connectivity index (χ0) is 20.0. The van der Waals surface area contributed by atoms with Crippen molar-refractivity contribution in [1.82, 2.24) is 4.40 Å². The van der Waals surface area contributed by atoms with Crippen LogP contribution in [0.4, 0.5) is 5.69 Å². The van der Waals surface area contributed by atoms with Gasteiger partial charge in [0.25, 0.3) is 0 Å². The fraction of sp³-hybridized carbons (Fsp3) is 0.182. The van der Waals surface area contributed by atoms with E-state index in [0.717, 1.165) is 22.0 Å². The number of carbonyl (C=O) groups is 2. The van der Waals surface area contributed by atoms with E-state index in [9.17, 15) is 9.59 Å². The Labute approximate surface area is 166 Å². The lowest BCUT2D eigenvalue weighted by Gasteiger charge is -2.07. The van der Waals surface area contributed by atoms with Crippen LogP contribution in [0.1, 0.15) is 43.8 Å². The minimum atomic E-state index is -0.419. The highest BCUT2D eigenvalue weighted by molar-refractivity contribution is 7.22. The van der Waals surface area contributed by atoms with E-state index in [1.807, 2.05) is 48.7 Å². The minimum absolute atomic E-state index is 0.142. The molecule has 0 saturated heterocycles. The van der Waals surface area contributed by atoms with Gasteiger partial charge in [0.15, 0.2) is 0 Å². The van der Waals surface area contributed by atoms with Crippen LogP contribution in [0.3, 0.4) is 0 Å². The van der Waals surface area contributed by atoms with Crippen molar-refractivity contribution >= 4 is 44.4 Å². The topological polar surface area (TPSA) is 73.8 Å². The Morgan fingerprint density at radius 3 is 2.57 bits per heavy atom. The molecule has 5 nitrogen and oxygen atoms in total. The van der Waals surface area contributed by atoms with Crippen molar-refractivity contribution in [3.8, 4) is 0 Å². The lowest BCUT2D eigenvalue weighted by molar-refractivity contribution is 0.0521. The predicted octanol–water partition coefficient (Wildman–Crippen LogP) is 4.76. The van der Waals surface area contributed by atoms with E-state index < -0.39 is 5.97 Å². The summed E-state index contributed by atoms with van der Waals surface area (Å²) in [5.41, 5.74) is 10.7. The second kappa shape index (κ2) is 6.80. The van der Waals surface area contributed by atoms with Crippen LogP contribution in [0.15, 0.2) is 42.6 Å². The van der Waals surface area contributed by atoms with E-state index in [2.05, 4.69) is 0 Å². The quantitative estimate of drug-likeness (QED) is 0.401. The molecule has 0 amide bonds. The first-order valence-electron chi connectivity index (χ1n) is 9.04. The summed E-state index contributed by atoms with van der Waals surface area (Å²) in [5, 5.41) is 0.741. The second-order valence-electron chi connectivity index (χ2n) is 6.73. The predicted molar refractivity (Wildman–Crippen MR) is 112 cm³/mol. The molecule has 0 spiro atoms. The van der Waals surface area contributed by atoms with E-state index in [1.54, 1.807) is 19.1 Å².